The molecule has 118 valence electrons. The molecule has 0 radical (unpaired) electrons. The summed E-state index contributed by atoms with van der Waals surface area (Å²) in [5, 5.41) is 2.70. The monoisotopic (exact) mass is 342 g/mol. The van der Waals surface area contributed by atoms with Crippen LogP contribution in [0.15, 0.2) is 33.8 Å². The van der Waals surface area contributed by atoms with Crippen molar-refractivity contribution in [3.63, 3.8) is 0 Å². The number of hydrogen-bond acceptors (Lipinski definition) is 4. The molecule has 1 heterocycles. The fourth-order valence-electron chi connectivity index (χ4n) is 1.94. The van der Waals surface area contributed by atoms with Crippen LogP contribution in [0, 0.1) is 13.8 Å². The molecule has 2 aromatic rings. The lowest BCUT2D eigenvalue weighted by molar-refractivity contribution is 0.0991. The van der Waals surface area contributed by atoms with Gasteiger partial charge in [0.05, 0.1) is 10.7 Å². The molecular weight excluding hydrogens is 328 g/mol. The zero-order chi connectivity index (χ0) is 16.5. The summed E-state index contributed by atoms with van der Waals surface area (Å²) in [6.45, 7) is 3.71. The number of amides is 1. The van der Waals surface area contributed by atoms with Gasteiger partial charge in [-0.2, -0.15) is 0 Å². The molecule has 0 saturated heterocycles. The van der Waals surface area contributed by atoms with Gasteiger partial charge >= 0.3 is 0 Å². The van der Waals surface area contributed by atoms with E-state index in [2.05, 4.69) is 10.0 Å². The van der Waals surface area contributed by atoms with Gasteiger partial charge in [0.1, 0.15) is 0 Å². The third kappa shape index (κ3) is 3.32. The minimum atomic E-state index is -3.73. The number of benzene rings is 1. The molecule has 6 nitrogen and oxygen atoms in total. The number of furan rings is 1. The predicted octanol–water partition coefficient (Wildman–Crippen LogP) is 2.71. The molecule has 0 saturated carbocycles. The maximum absolute atomic E-state index is 12.2. The maximum Gasteiger partial charge on any atom is 0.291 e. The molecule has 1 aromatic carbocycles. The molecular formula is C14H15ClN2O4S. The fraction of sp³-hybridized carbons (Fsp3) is 0.214. The minimum absolute atomic E-state index is 0.120. The van der Waals surface area contributed by atoms with Crippen molar-refractivity contribution in [2.75, 3.05) is 12.4 Å². The molecule has 2 N–H and O–H groups in total. The van der Waals surface area contributed by atoms with E-state index in [1.807, 2.05) is 19.9 Å². The number of hydrogen-bond donors (Lipinski definition) is 2. The maximum atomic E-state index is 12.2. The molecule has 0 aliphatic heterocycles. The van der Waals surface area contributed by atoms with E-state index in [-0.39, 0.29) is 10.9 Å². The Balaban J connectivity index is 2.28. The summed E-state index contributed by atoms with van der Waals surface area (Å²) in [5.74, 6) is -0.698. The van der Waals surface area contributed by atoms with Crippen LogP contribution in [0.2, 0.25) is 5.02 Å². The quantitative estimate of drug-likeness (QED) is 0.894. The number of carbonyl (C=O) groups is 1. The van der Waals surface area contributed by atoms with Crippen LogP contribution in [0.5, 0.6) is 0 Å². The molecule has 0 spiro atoms. The largest absolute Gasteiger partial charge is 0.438 e. The number of halogens is 1. The van der Waals surface area contributed by atoms with Crippen molar-refractivity contribution in [3.8, 4) is 0 Å². The zero-order valence-corrected chi connectivity index (χ0v) is 13.8. The van der Waals surface area contributed by atoms with Crippen molar-refractivity contribution in [3.05, 3.63) is 46.2 Å². The number of aryl methyl sites for hydroxylation is 2. The summed E-state index contributed by atoms with van der Waals surface area (Å²) in [7, 11) is -2.47. The van der Waals surface area contributed by atoms with E-state index in [9.17, 15) is 13.2 Å². The molecule has 1 amide bonds. The van der Waals surface area contributed by atoms with E-state index in [0.29, 0.717) is 10.7 Å². The SMILES string of the molecule is CNS(=O)(=O)c1ccc(C(=O)Nc2c(C)cc(C)cc2Cl)o1. The lowest BCUT2D eigenvalue weighted by Crippen LogP contribution is -2.18. The number of carbonyl (C=O) groups excluding carboxylic acids is 1. The van der Waals surface area contributed by atoms with Crippen LogP contribution < -0.4 is 10.0 Å². The van der Waals surface area contributed by atoms with Gasteiger partial charge in [-0.15, -0.1) is 0 Å². The van der Waals surface area contributed by atoms with Gasteiger partial charge < -0.3 is 9.73 Å². The van der Waals surface area contributed by atoms with Crippen molar-refractivity contribution < 1.29 is 17.6 Å². The summed E-state index contributed by atoms with van der Waals surface area (Å²) < 4.78 is 30.3. The lowest BCUT2D eigenvalue weighted by atomic mass is 10.1. The average molecular weight is 343 g/mol. The van der Waals surface area contributed by atoms with E-state index in [1.54, 1.807) is 6.07 Å². The van der Waals surface area contributed by atoms with Crippen LogP contribution in [0.3, 0.4) is 0 Å². The first-order valence-corrected chi connectivity index (χ1v) is 8.22. The van der Waals surface area contributed by atoms with E-state index < -0.39 is 15.9 Å². The van der Waals surface area contributed by atoms with Crippen molar-refractivity contribution >= 4 is 33.2 Å². The van der Waals surface area contributed by atoms with E-state index >= 15 is 0 Å². The molecule has 1 aromatic heterocycles. The molecule has 22 heavy (non-hydrogen) atoms. The van der Waals surface area contributed by atoms with Crippen LogP contribution in [-0.2, 0) is 10.0 Å². The van der Waals surface area contributed by atoms with E-state index in [1.165, 1.54) is 19.2 Å². The topological polar surface area (TPSA) is 88.4 Å². The van der Waals surface area contributed by atoms with Crippen molar-refractivity contribution in [1.82, 2.24) is 4.72 Å². The van der Waals surface area contributed by atoms with Gasteiger partial charge in [-0.1, -0.05) is 17.7 Å². The Morgan fingerprint density at radius 1 is 1.23 bits per heavy atom. The minimum Gasteiger partial charge on any atom is -0.438 e. The summed E-state index contributed by atoms with van der Waals surface area (Å²) in [6, 6.07) is 6.10. The third-order valence-electron chi connectivity index (χ3n) is 3.01. The Morgan fingerprint density at radius 2 is 1.91 bits per heavy atom. The zero-order valence-electron chi connectivity index (χ0n) is 12.2. The van der Waals surface area contributed by atoms with Crippen molar-refractivity contribution in [2.24, 2.45) is 0 Å². The molecule has 0 bridgehead atoms. The van der Waals surface area contributed by atoms with E-state index in [4.69, 9.17) is 16.0 Å². The van der Waals surface area contributed by atoms with Crippen LogP contribution in [0.1, 0.15) is 21.7 Å². The summed E-state index contributed by atoms with van der Waals surface area (Å²) in [4.78, 5) is 12.2. The molecule has 8 heteroatoms. The number of nitrogens with one attached hydrogen (secondary N) is 2. The van der Waals surface area contributed by atoms with Crippen LogP contribution >= 0.6 is 11.6 Å². The first-order chi connectivity index (χ1) is 10.2. The standard InChI is InChI=1S/C14H15ClN2O4S/c1-8-6-9(2)13(10(15)7-8)17-14(18)11-4-5-12(21-11)22(19,20)16-3/h4-7,16H,1-3H3,(H,17,18). The number of rotatable bonds is 4. The second-order valence-corrected chi connectivity index (χ2v) is 6.94. The normalized spacial score (nSPS) is 11.5. The fourth-order valence-corrected chi connectivity index (χ4v) is 2.95. The molecule has 2 rings (SSSR count). The highest BCUT2D eigenvalue weighted by Gasteiger charge is 2.20. The number of anilines is 1. The summed E-state index contributed by atoms with van der Waals surface area (Å²) in [5.41, 5.74) is 2.24. The Bertz CT molecular complexity index is 804. The number of sulfonamides is 1. The van der Waals surface area contributed by atoms with Gasteiger partial charge in [0.15, 0.2) is 5.76 Å². The average Bonchev–Trinajstić information content (AvgIpc) is 2.93. The van der Waals surface area contributed by atoms with Gasteiger partial charge in [-0.3, -0.25) is 4.79 Å². The predicted molar refractivity (Wildman–Crippen MR) is 83.8 cm³/mol. The molecule has 0 atom stereocenters. The Hall–Kier alpha value is -1.83. The van der Waals surface area contributed by atoms with E-state index in [0.717, 1.165) is 11.1 Å². The van der Waals surface area contributed by atoms with Crippen molar-refractivity contribution in [1.29, 1.82) is 0 Å². The first kappa shape index (κ1) is 16.5. The summed E-state index contributed by atoms with van der Waals surface area (Å²) in [6.07, 6.45) is 0. The van der Waals surface area contributed by atoms with Crippen LogP contribution in [0.4, 0.5) is 5.69 Å². The highest BCUT2D eigenvalue weighted by Crippen LogP contribution is 2.28. The highest BCUT2D eigenvalue weighted by atomic mass is 35.5. The second-order valence-electron chi connectivity index (χ2n) is 4.72. The van der Waals surface area contributed by atoms with Crippen LogP contribution in [0.25, 0.3) is 0 Å². The Kier molecular flexibility index (Phi) is 4.60. The smallest absolute Gasteiger partial charge is 0.291 e. The second kappa shape index (κ2) is 6.12. The lowest BCUT2D eigenvalue weighted by Gasteiger charge is -2.10. The third-order valence-corrected chi connectivity index (χ3v) is 4.59. The molecule has 0 aliphatic rings. The van der Waals surface area contributed by atoms with Crippen LogP contribution in [-0.4, -0.2) is 21.4 Å². The Morgan fingerprint density at radius 3 is 2.50 bits per heavy atom. The summed E-state index contributed by atoms with van der Waals surface area (Å²) >= 11 is 6.12. The molecule has 0 aliphatic carbocycles. The van der Waals surface area contributed by atoms with Gasteiger partial charge in [0.2, 0.25) is 5.09 Å². The van der Waals surface area contributed by atoms with Gasteiger partial charge in [0, 0.05) is 0 Å². The first-order valence-electron chi connectivity index (χ1n) is 6.36. The van der Waals surface area contributed by atoms with Gasteiger partial charge in [-0.25, -0.2) is 13.1 Å². The van der Waals surface area contributed by atoms with Gasteiger partial charge in [0.25, 0.3) is 15.9 Å². The Labute approximate surface area is 133 Å². The molecule has 0 unspecified atom stereocenters. The highest BCUT2D eigenvalue weighted by molar-refractivity contribution is 7.89. The van der Waals surface area contributed by atoms with Crippen molar-refractivity contribution in [2.45, 2.75) is 18.9 Å². The molecule has 0 fully saturated rings. The van der Waals surface area contributed by atoms with Gasteiger partial charge in [-0.05, 0) is 50.2 Å².